The lowest BCUT2D eigenvalue weighted by Gasteiger charge is -2.13. The minimum atomic E-state index is -4.47. The normalized spacial score (nSPS) is 13.2. The van der Waals surface area contributed by atoms with Gasteiger partial charge in [0.1, 0.15) is 5.82 Å². The van der Waals surface area contributed by atoms with E-state index in [1.165, 1.54) is 7.05 Å². The molecule has 7 heteroatoms. The molecule has 0 amide bonds. The number of nitrogens with zero attached hydrogens (tertiary/aromatic N) is 2. The summed E-state index contributed by atoms with van der Waals surface area (Å²) in [5.74, 6) is 0.505. The molecule has 1 rings (SSSR count). The van der Waals surface area contributed by atoms with Gasteiger partial charge in [0.05, 0.1) is 0 Å². The van der Waals surface area contributed by atoms with Crippen LogP contribution in [0.1, 0.15) is 26.0 Å². The van der Waals surface area contributed by atoms with Crippen molar-refractivity contribution >= 4 is 11.8 Å². The molecule has 0 bridgehead atoms. The molecule has 1 aromatic heterocycles. The van der Waals surface area contributed by atoms with Crippen LogP contribution in [0.3, 0.4) is 0 Å². The second-order valence-electron chi connectivity index (χ2n) is 4.10. The van der Waals surface area contributed by atoms with Crippen LogP contribution in [0.25, 0.3) is 0 Å². The van der Waals surface area contributed by atoms with Crippen LogP contribution < -0.4 is 10.6 Å². The van der Waals surface area contributed by atoms with Crippen molar-refractivity contribution in [2.24, 2.45) is 5.92 Å². The summed E-state index contributed by atoms with van der Waals surface area (Å²) in [4.78, 5) is 7.32. The molecule has 0 aliphatic carbocycles. The molecule has 4 nitrogen and oxygen atoms in total. The molecule has 2 N–H and O–H groups in total. The third kappa shape index (κ3) is 4.05. The SMILES string of the molecule is CCC(C)CNc1cc(C(F)(F)F)nc(NC)n1. The van der Waals surface area contributed by atoms with Crippen molar-refractivity contribution < 1.29 is 13.2 Å². The lowest BCUT2D eigenvalue weighted by molar-refractivity contribution is -0.141. The van der Waals surface area contributed by atoms with Crippen LogP contribution in [0.5, 0.6) is 0 Å². The maximum Gasteiger partial charge on any atom is 0.433 e. The Kier molecular flexibility index (Phi) is 4.75. The van der Waals surface area contributed by atoms with Crippen molar-refractivity contribution in [3.05, 3.63) is 11.8 Å². The van der Waals surface area contributed by atoms with Gasteiger partial charge in [0, 0.05) is 19.7 Å². The third-order valence-corrected chi connectivity index (χ3v) is 2.57. The number of aromatic nitrogens is 2. The Bertz CT molecular complexity index is 392. The zero-order chi connectivity index (χ0) is 13.8. The van der Waals surface area contributed by atoms with Crippen molar-refractivity contribution in [3.63, 3.8) is 0 Å². The fourth-order valence-corrected chi connectivity index (χ4v) is 1.22. The molecule has 0 fully saturated rings. The average molecular weight is 262 g/mol. The number of anilines is 2. The van der Waals surface area contributed by atoms with E-state index in [-0.39, 0.29) is 11.8 Å². The Morgan fingerprint density at radius 2 is 2.00 bits per heavy atom. The largest absolute Gasteiger partial charge is 0.433 e. The summed E-state index contributed by atoms with van der Waals surface area (Å²) in [6.45, 7) is 4.61. The average Bonchev–Trinajstić information content (AvgIpc) is 2.34. The Morgan fingerprint density at radius 1 is 1.33 bits per heavy atom. The molecule has 0 saturated carbocycles. The lowest BCUT2D eigenvalue weighted by atomic mass is 10.1. The highest BCUT2D eigenvalue weighted by Gasteiger charge is 2.33. The van der Waals surface area contributed by atoms with Crippen LogP contribution in [0.4, 0.5) is 24.9 Å². The molecule has 0 aliphatic rings. The summed E-state index contributed by atoms with van der Waals surface area (Å²) in [6, 6.07) is 0.920. The fraction of sp³-hybridized carbons (Fsp3) is 0.636. The van der Waals surface area contributed by atoms with Gasteiger partial charge >= 0.3 is 6.18 Å². The van der Waals surface area contributed by atoms with Crippen LogP contribution in [0.2, 0.25) is 0 Å². The van der Waals surface area contributed by atoms with E-state index in [1.54, 1.807) is 0 Å². The predicted molar refractivity (Wildman–Crippen MR) is 64.5 cm³/mol. The van der Waals surface area contributed by atoms with Crippen molar-refractivity contribution in [3.8, 4) is 0 Å². The van der Waals surface area contributed by atoms with Crippen molar-refractivity contribution in [2.75, 3.05) is 24.2 Å². The smallest absolute Gasteiger partial charge is 0.370 e. The van der Waals surface area contributed by atoms with Crippen LogP contribution in [0, 0.1) is 5.92 Å². The van der Waals surface area contributed by atoms with Crippen molar-refractivity contribution in [1.82, 2.24) is 9.97 Å². The number of hydrogen-bond donors (Lipinski definition) is 2. The van der Waals surface area contributed by atoms with Gasteiger partial charge in [0.15, 0.2) is 5.69 Å². The van der Waals surface area contributed by atoms with Crippen LogP contribution in [-0.2, 0) is 6.18 Å². The van der Waals surface area contributed by atoms with Gasteiger partial charge in [-0.25, -0.2) is 4.98 Å². The number of alkyl halides is 3. The molecule has 1 aromatic rings. The van der Waals surface area contributed by atoms with E-state index >= 15 is 0 Å². The molecule has 1 atom stereocenters. The van der Waals surface area contributed by atoms with E-state index in [0.29, 0.717) is 12.5 Å². The zero-order valence-electron chi connectivity index (χ0n) is 10.6. The molecular weight excluding hydrogens is 245 g/mol. The first-order valence-electron chi connectivity index (χ1n) is 5.74. The van der Waals surface area contributed by atoms with E-state index < -0.39 is 11.9 Å². The van der Waals surface area contributed by atoms with E-state index in [0.717, 1.165) is 12.5 Å². The zero-order valence-corrected chi connectivity index (χ0v) is 10.6. The first kappa shape index (κ1) is 14.5. The summed E-state index contributed by atoms with van der Waals surface area (Å²) in [5, 5.41) is 5.41. The first-order valence-corrected chi connectivity index (χ1v) is 5.74. The number of rotatable bonds is 5. The van der Waals surface area contributed by atoms with E-state index in [2.05, 4.69) is 20.6 Å². The molecule has 1 unspecified atom stereocenters. The quantitative estimate of drug-likeness (QED) is 0.856. The maximum atomic E-state index is 12.6. The van der Waals surface area contributed by atoms with Crippen LogP contribution in [-0.4, -0.2) is 23.6 Å². The monoisotopic (exact) mass is 262 g/mol. The van der Waals surface area contributed by atoms with E-state index in [9.17, 15) is 13.2 Å². The fourth-order valence-electron chi connectivity index (χ4n) is 1.22. The van der Waals surface area contributed by atoms with Gasteiger partial charge in [-0.2, -0.15) is 18.2 Å². The summed E-state index contributed by atoms with van der Waals surface area (Å²) in [6.07, 6.45) is -3.52. The molecule has 0 saturated heterocycles. The van der Waals surface area contributed by atoms with Crippen LogP contribution >= 0.6 is 0 Å². The van der Waals surface area contributed by atoms with Gasteiger partial charge in [-0.05, 0) is 5.92 Å². The second-order valence-corrected chi connectivity index (χ2v) is 4.10. The molecule has 18 heavy (non-hydrogen) atoms. The van der Waals surface area contributed by atoms with E-state index in [4.69, 9.17) is 0 Å². The lowest BCUT2D eigenvalue weighted by Crippen LogP contribution is -2.15. The van der Waals surface area contributed by atoms with Gasteiger partial charge in [0.2, 0.25) is 5.95 Å². The Morgan fingerprint density at radius 3 is 2.50 bits per heavy atom. The third-order valence-electron chi connectivity index (χ3n) is 2.57. The Labute approximate surface area is 104 Å². The minimum Gasteiger partial charge on any atom is -0.370 e. The van der Waals surface area contributed by atoms with Gasteiger partial charge in [0.25, 0.3) is 0 Å². The first-order chi connectivity index (χ1) is 8.36. The highest BCUT2D eigenvalue weighted by atomic mass is 19.4. The molecule has 1 heterocycles. The van der Waals surface area contributed by atoms with Crippen LogP contribution in [0.15, 0.2) is 6.07 Å². The molecular formula is C11H17F3N4. The Hall–Kier alpha value is -1.53. The van der Waals surface area contributed by atoms with E-state index in [1.807, 2.05) is 13.8 Å². The van der Waals surface area contributed by atoms with Gasteiger partial charge in [-0.15, -0.1) is 0 Å². The van der Waals surface area contributed by atoms with Gasteiger partial charge < -0.3 is 10.6 Å². The number of nitrogens with one attached hydrogen (secondary N) is 2. The highest BCUT2D eigenvalue weighted by molar-refractivity contribution is 5.42. The summed E-state index contributed by atoms with van der Waals surface area (Å²) in [5.41, 5.74) is -0.950. The number of halogens is 3. The topological polar surface area (TPSA) is 49.8 Å². The number of hydrogen-bond acceptors (Lipinski definition) is 4. The van der Waals surface area contributed by atoms with Gasteiger partial charge in [-0.3, -0.25) is 0 Å². The molecule has 0 spiro atoms. The van der Waals surface area contributed by atoms with Gasteiger partial charge in [-0.1, -0.05) is 20.3 Å². The summed E-state index contributed by atoms with van der Waals surface area (Å²) < 4.78 is 37.8. The maximum absolute atomic E-state index is 12.6. The minimum absolute atomic E-state index is 0.0449. The van der Waals surface area contributed by atoms with Crippen molar-refractivity contribution in [2.45, 2.75) is 26.4 Å². The predicted octanol–water partition coefficient (Wildman–Crippen LogP) is 3.00. The molecule has 0 radical (unpaired) electrons. The Balaban J connectivity index is 2.91. The second kappa shape index (κ2) is 5.88. The molecule has 0 aromatic carbocycles. The standard InChI is InChI=1S/C11H17F3N4/c1-4-7(2)6-16-9-5-8(11(12,13)14)17-10(15-3)18-9/h5,7H,4,6H2,1-3H3,(H2,15,16,17,18). The highest BCUT2D eigenvalue weighted by Crippen LogP contribution is 2.29. The molecule has 102 valence electrons. The summed E-state index contributed by atoms with van der Waals surface area (Å²) in [7, 11) is 1.48. The van der Waals surface area contributed by atoms with Crippen molar-refractivity contribution in [1.29, 1.82) is 0 Å². The molecule has 0 aliphatic heterocycles. The summed E-state index contributed by atoms with van der Waals surface area (Å²) >= 11 is 0.